The van der Waals surface area contributed by atoms with Gasteiger partial charge in [0.15, 0.2) is 0 Å². The van der Waals surface area contributed by atoms with Gasteiger partial charge in [-0.15, -0.1) is 0 Å². The highest BCUT2D eigenvalue weighted by Crippen LogP contribution is 2.17. The molecule has 1 amide bonds. The first-order valence-electron chi connectivity index (χ1n) is 8.13. The molecule has 5 nitrogen and oxygen atoms in total. The largest absolute Gasteiger partial charge is 0.336 e. The maximum absolute atomic E-state index is 13.3. The van der Waals surface area contributed by atoms with E-state index in [1.165, 1.54) is 23.9 Å². The van der Waals surface area contributed by atoms with E-state index in [-0.39, 0.29) is 11.7 Å². The van der Waals surface area contributed by atoms with Crippen molar-refractivity contribution in [2.45, 2.75) is 13.1 Å². The van der Waals surface area contributed by atoms with Crippen LogP contribution < -0.4 is 0 Å². The van der Waals surface area contributed by atoms with Gasteiger partial charge in [0.1, 0.15) is 16.9 Å². The summed E-state index contributed by atoms with van der Waals surface area (Å²) in [5.74, 6) is -0.192. The molecule has 0 N–H and O–H groups in total. The van der Waals surface area contributed by atoms with Crippen LogP contribution in [0, 0.1) is 5.82 Å². The van der Waals surface area contributed by atoms with Crippen molar-refractivity contribution in [3.63, 3.8) is 0 Å². The SMILES string of the molecule is O=C1CN(Cc2ccc3nsnc3c2)CCN1Cc1cccc(F)c1. The molecule has 2 aromatic carbocycles. The van der Waals surface area contributed by atoms with E-state index in [4.69, 9.17) is 0 Å². The molecule has 2 heterocycles. The zero-order chi connectivity index (χ0) is 17.2. The fourth-order valence-electron chi connectivity index (χ4n) is 3.10. The number of amides is 1. The second-order valence-corrected chi connectivity index (χ2v) is 6.77. The number of hydrogen-bond donors (Lipinski definition) is 0. The van der Waals surface area contributed by atoms with Crippen LogP contribution in [0.3, 0.4) is 0 Å². The molecule has 128 valence electrons. The van der Waals surface area contributed by atoms with Crippen LogP contribution in [0.4, 0.5) is 4.39 Å². The first-order chi connectivity index (χ1) is 12.2. The molecule has 1 aromatic heterocycles. The van der Waals surface area contributed by atoms with Gasteiger partial charge in [-0.05, 0) is 35.4 Å². The average molecular weight is 356 g/mol. The zero-order valence-electron chi connectivity index (χ0n) is 13.6. The van der Waals surface area contributed by atoms with E-state index in [0.29, 0.717) is 26.2 Å². The Bertz CT molecular complexity index is 913. The topological polar surface area (TPSA) is 49.3 Å². The van der Waals surface area contributed by atoms with Gasteiger partial charge in [-0.1, -0.05) is 18.2 Å². The van der Waals surface area contributed by atoms with E-state index in [2.05, 4.69) is 13.6 Å². The highest BCUT2D eigenvalue weighted by Gasteiger charge is 2.24. The molecule has 0 radical (unpaired) electrons. The molecule has 4 rings (SSSR count). The predicted molar refractivity (Wildman–Crippen MR) is 94.5 cm³/mol. The van der Waals surface area contributed by atoms with Crippen molar-refractivity contribution in [2.75, 3.05) is 19.6 Å². The number of carbonyl (C=O) groups is 1. The molecule has 0 bridgehead atoms. The second kappa shape index (κ2) is 6.85. The number of fused-ring (bicyclic) bond motifs is 1. The Morgan fingerprint density at radius 3 is 2.68 bits per heavy atom. The van der Waals surface area contributed by atoms with Crippen LogP contribution in [0.2, 0.25) is 0 Å². The van der Waals surface area contributed by atoms with Gasteiger partial charge in [0.2, 0.25) is 5.91 Å². The van der Waals surface area contributed by atoms with Gasteiger partial charge in [0.25, 0.3) is 0 Å². The van der Waals surface area contributed by atoms with Crippen LogP contribution in [-0.2, 0) is 17.9 Å². The number of carbonyl (C=O) groups excluding carboxylic acids is 1. The molecule has 0 aliphatic carbocycles. The third kappa shape index (κ3) is 3.67. The van der Waals surface area contributed by atoms with Crippen molar-refractivity contribution in [1.82, 2.24) is 18.5 Å². The zero-order valence-corrected chi connectivity index (χ0v) is 14.4. The van der Waals surface area contributed by atoms with Crippen molar-refractivity contribution in [3.8, 4) is 0 Å². The summed E-state index contributed by atoms with van der Waals surface area (Å²) < 4.78 is 21.8. The van der Waals surface area contributed by atoms with Crippen LogP contribution >= 0.6 is 11.7 Å². The van der Waals surface area contributed by atoms with Crippen molar-refractivity contribution in [1.29, 1.82) is 0 Å². The summed E-state index contributed by atoms with van der Waals surface area (Å²) in [6.07, 6.45) is 0. The van der Waals surface area contributed by atoms with Gasteiger partial charge in [-0.3, -0.25) is 9.69 Å². The lowest BCUT2D eigenvalue weighted by molar-refractivity contribution is -0.136. The Kier molecular flexibility index (Phi) is 4.42. The lowest BCUT2D eigenvalue weighted by atomic mass is 10.1. The lowest BCUT2D eigenvalue weighted by Gasteiger charge is -2.34. The first-order valence-corrected chi connectivity index (χ1v) is 8.86. The number of aromatic nitrogens is 2. The molecule has 1 aliphatic rings. The van der Waals surface area contributed by atoms with E-state index in [1.54, 1.807) is 11.0 Å². The standard InChI is InChI=1S/C18H17FN4OS/c19-15-3-1-2-13(8-15)11-23-7-6-22(12-18(23)24)10-14-4-5-16-17(9-14)21-25-20-16/h1-5,8-9H,6-7,10-12H2. The number of nitrogens with zero attached hydrogens (tertiary/aromatic N) is 4. The maximum Gasteiger partial charge on any atom is 0.237 e. The summed E-state index contributed by atoms with van der Waals surface area (Å²) in [4.78, 5) is 16.3. The van der Waals surface area contributed by atoms with Crippen molar-refractivity contribution >= 4 is 28.7 Å². The van der Waals surface area contributed by atoms with Gasteiger partial charge in [-0.2, -0.15) is 8.75 Å². The quantitative estimate of drug-likeness (QED) is 0.721. The van der Waals surface area contributed by atoms with Crippen LogP contribution in [0.5, 0.6) is 0 Å². The summed E-state index contributed by atoms with van der Waals surface area (Å²) in [5.41, 5.74) is 3.76. The molecule has 7 heteroatoms. The van der Waals surface area contributed by atoms with Gasteiger partial charge >= 0.3 is 0 Å². The molecule has 1 aliphatic heterocycles. The highest BCUT2D eigenvalue weighted by molar-refractivity contribution is 7.00. The number of piperazine rings is 1. The number of rotatable bonds is 4. The minimum Gasteiger partial charge on any atom is -0.336 e. The summed E-state index contributed by atoms with van der Waals surface area (Å²) in [6, 6.07) is 12.5. The molecule has 0 unspecified atom stereocenters. The molecule has 0 spiro atoms. The molecular weight excluding hydrogens is 339 g/mol. The Morgan fingerprint density at radius 1 is 1.00 bits per heavy atom. The third-order valence-electron chi connectivity index (χ3n) is 4.38. The molecule has 1 saturated heterocycles. The predicted octanol–water partition coefficient (Wildman–Crippen LogP) is 2.67. The number of benzene rings is 2. The minimum atomic E-state index is -0.268. The Labute approximate surface area is 149 Å². The van der Waals surface area contributed by atoms with Crippen LogP contribution in [0.15, 0.2) is 42.5 Å². The Hall–Kier alpha value is -2.38. The van der Waals surface area contributed by atoms with Crippen molar-refractivity contribution < 1.29 is 9.18 Å². The van der Waals surface area contributed by atoms with E-state index in [0.717, 1.165) is 28.7 Å². The first kappa shape index (κ1) is 16.1. The van der Waals surface area contributed by atoms with E-state index in [1.807, 2.05) is 24.3 Å². The fraction of sp³-hybridized carbons (Fsp3) is 0.278. The summed E-state index contributed by atoms with van der Waals surface area (Å²) >= 11 is 1.21. The minimum absolute atomic E-state index is 0.0758. The molecule has 0 saturated carbocycles. The molecular formula is C18H17FN4OS. The van der Waals surface area contributed by atoms with Gasteiger partial charge in [-0.25, -0.2) is 4.39 Å². The summed E-state index contributed by atoms with van der Waals surface area (Å²) in [6.45, 7) is 3.00. The molecule has 0 atom stereocenters. The van der Waals surface area contributed by atoms with Crippen LogP contribution in [0.25, 0.3) is 11.0 Å². The van der Waals surface area contributed by atoms with Crippen LogP contribution in [0.1, 0.15) is 11.1 Å². The van der Waals surface area contributed by atoms with E-state index in [9.17, 15) is 9.18 Å². The molecule has 25 heavy (non-hydrogen) atoms. The van der Waals surface area contributed by atoms with Gasteiger partial charge in [0.05, 0.1) is 18.3 Å². The highest BCUT2D eigenvalue weighted by atomic mass is 32.1. The lowest BCUT2D eigenvalue weighted by Crippen LogP contribution is -2.49. The van der Waals surface area contributed by atoms with Gasteiger partial charge < -0.3 is 4.90 Å². The van der Waals surface area contributed by atoms with Crippen molar-refractivity contribution in [2.24, 2.45) is 0 Å². The van der Waals surface area contributed by atoms with Crippen molar-refractivity contribution in [3.05, 3.63) is 59.4 Å². The number of halogens is 1. The maximum atomic E-state index is 13.3. The van der Waals surface area contributed by atoms with E-state index >= 15 is 0 Å². The normalized spacial score (nSPS) is 15.9. The number of hydrogen-bond acceptors (Lipinski definition) is 5. The Balaban J connectivity index is 1.38. The summed E-state index contributed by atoms with van der Waals surface area (Å²) in [7, 11) is 0. The third-order valence-corrected chi connectivity index (χ3v) is 4.94. The van der Waals surface area contributed by atoms with Crippen LogP contribution in [-0.4, -0.2) is 44.1 Å². The molecule has 3 aromatic rings. The van der Waals surface area contributed by atoms with Gasteiger partial charge in [0, 0.05) is 26.2 Å². The average Bonchev–Trinajstić information content (AvgIpc) is 3.05. The monoisotopic (exact) mass is 356 g/mol. The Morgan fingerprint density at radius 2 is 1.84 bits per heavy atom. The second-order valence-electron chi connectivity index (χ2n) is 6.24. The van der Waals surface area contributed by atoms with E-state index < -0.39 is 0 Å². The summed E-state index contributed by atoms with van der Waals surface area (Å²) in [5, 5.41) is 0. The molecule has 1 fully saturated rings. The fourth-order valence-corrected chi connectivity index (χ4v) is 3.62. The smallest absolute Gasteiger partial charge is 0.237 e.